The minimum Gasteiger partial charge on any atom is -0.323 e. The Morgan fingerprint density at radius 2 is 2.21 bits per heavy atom. The molecule has 1 atom stereocenters. The van der Waals surface area contributed by atoms with Gasteiger partial charge in [0.05, 0.1) is 21.3 Å². The van der Waals surface area contributed by atoms with Crippen molar-refractivity contribution in [2.75, 3.05) is 0 Å². The Hall–Kier alpha value is -1.80. The van der Waals surface area contributed by atoms with E-state index in [1.54, 1.807) is 26.1 Å². The molecular weight excluding hydrogens is 314 g/mol. The van der Waals surface area contributed by atoms with Crippen LogP contribution in [0.5, 0.6) is 0 Å². The summed E-state index contributed by atoms with van der Waals surface area (Å²) in [6.07, 6.45) is 1.59. The lowest BCUT2D eigenvalue weighted by Gasteiger charge is -2.06. The van der Waals surface area contributed by atoms with E-state index < -0.39 is 4.92 Å². The molecule has 19 heavy (non-hydrogen) atoms. The number of nitro benzene ring substituents is 1. The Morgan fingerprint density at radius 1 is 1.53 bits per heavy atom. The Bertz CT molecular complexity index is 638. The number of halogens is 1. The van der Waals surface area contributed by atoms with Gasteiger partial charge >= 0.3 is 0 Å². The fourth-order valence-corrected chi connectivity index (χ4v) is 2.42. The highest BCUT2D eigenvalue weighted by Crippen LogP contribution is 2.31. The Labute approximate surface area is 117 Å². The van der Waals surface area contributed by atoms with Crippen LogP contribution in [0.3, 0.4) is 0 Å². The largest absolute Gasteiger partial charge is 0.323 e. The molecular formula is C11H12BrN5O2. The van der Waals surface area contributed by atoms with Crippen molar-refractivity contribution in [1.29, 1.82) is 0 Å². The molecule has 8 heteroatoms. The monoisotopic (exact) mass is 325 g/mol. The average molecular weight is 326 g/mol. The summed E-state index contributed by atoms with van der Waals surface area (Å²) in [6, 6.07) is 3.00. The van der Waals surface area contributed by atoms with Crippen LogP contribution in [-0.2, 0) is 0 Å². The van der Waals surface area contributed by atoms with E-state index in [0.29, 0.717) is 15.9 Å². The molecule has 7 nitrogen and oxygen atoms in total. The average Bonchev–Trinajstić information content (AvgIpc) is 2.76. The van der Waals surface area contributed by atoms with Crippen molar-refractivity contribution in [2.45, 2.75) is 19.9 Å². The van der Waals surface area contributed by atoms with Crippen molar-refractivity contribution in [1.82, 2.24) is 15.0 Å². The minimum atomic E-state index is -0.444. The summed E-state index contributed by atoms with van der Waals surface area (Å²) in [5, 5.41) is 18.9. The van der Waals surface area contributed by atoms with Crippen molar-refractivity contribution in [3.05, 3.63) is 44.2 Å². The van der Waals surface area contributed by atoms with Crippen molar-refractivity contribution < 1.29 is 4.92 Å². The van der Waals surface area contributed by atoms with Gasteiger partial charge in [0.15, 0.2) is 5.69 Å². The van der Waals surface area contributed by atoms with E-state index in [9.17, 15) is 10.1 Å². The third-order valence-electron chi connectivity index (χ3n) is 2.59. The number of nitro groups is 1. The SMILES string of the molecule is Cc1cc(Br)c(-n2cc(C(C)N)nn2)c([N+](=O)[O-])c1. The second-order valence-corrected chi connectivity index (χ2v) is 5.10. The highest BCUT2D eigenvalue weighted by molar-refractivity contribution is 9.10. The first-order chi connectivity index (χ1) is 8.90. The molecule has 0 bridgehead atoms. The molecule has 2 N–H and O–H groups in total. The normalized spacial score (nSPS) is 12.4. The van der Waals surface area contributed by atoms with E-state index >= 15 is 0 Å². The van der Waals surface area contributed by atoms with Gasteiger partial charge in [0, 0.05) is 12.1 Å². The first kappa shape index (κ1) is 13.6. The molecule has 1 aromatic heterocycles. The van der Waals surface area contributed by atoms with Gasteiger partial charge in [-0.2, -0.15) is 0 Å². The summed E-state index contributed by atoms with van der Waals surface area (Å²) in [5.74, 6) is 0. The lowest BCUT2D eigenvalue weighted by Crippen LogP contribution is -2.05. The molecule has 0 saturated heterocycles. The minimum absolute atomic E-state index is 0.0343. The quantitative estimate of drug-likeness (QED) is 0.689. The smallest absolute Gasteiger partial charge is 0.296 e. The van der Waals surface area contributed by atoms with Gasteiger partial charge in [0.25, 0.3) is 5.69 Å². The Kier molecular flexibility index (Phi) is 3.63. The number of benzene rings is 1. The number of nitrogens with two attached hydrogens (primary N) is 1. The predicted octanol–water partition coefficient (Wildman–Crippen LogP) is 2.27. The summed E-state index contributed by atoms with van der Waals surface area (Å²) in [6.45, 7) is 3.56. The second-order valence-electron chi connectivity index (χ2n) is 4.25. The van der Waals surface area contributed by atoms with Crippen molar-refractivity contribution in [3.63, 3.8) is 0 Å². The molecule has 0 saturated carbocycles. The zero-order valence-corrected chi connectivity index (χ0v) is 12.0. The molecule has 0 aliphatic carbocycles. The lowest BCUT2D eigenvalue weighted by atomic mass is 10.2. The summed E-state index contributed by atoms with van der Waals surface area (Å²) in [5.41, 5.74) is 7.37. The van der Waals surface area contributed by atoms with E-state index in [4.69, 9.17) is 5.73 Å². The maximum Gasteiger partial charge on any atom is 0.296 e. The molecule has 0 aliphatic heterocycles. The van der Waals surface area contributed by atoms with Crippen LogP contribution in [0.4, 0.5) is 5.69 Å². The number of hydrogen-bond acceptors (Lipinski definition) is 5. The molecule has 0 spiro atoms. The first-order valence-corrected chi connectivity index (χ1v) is 6.32. The summed E-state index contributed by atoms with van der Waals surface area (Å²) in [7, 11) is 0. The molecule has 1 aromatic carbocycles. The topological polar surface area (TPSA) is 99.9 Å². The highest BCUT2D eigenvalue weighted by atomic mass is 79.9. The molecule has 0 aliphatic rings. The fourth-order valence-electron chi connectivity index (χ4n) is 1.68. The zero-order chi connectivity index (χ0) is 14.2. The second kappa shape index (κ2) is 5.06. The molecule has 1 unspecified atom stereocenters. The molecule has 0 radical (unpaired) electrons. The number of hydrogen-bond donors (Lipinski definition) is 1. The maximum absolute atomic E-state index is 11.1. The third-order valence-corrected chi connectivity index (χ3v) is 3.20. The predicted molar refractivity (Wildman–Crippen MR) is 73.1 cm³/mol. The molecule has 2 rings (SSSR count). The molecule has 100 valence electrons. The number of aryl methyl sites for hydroxylation is 1. The van der Waals surface area contributed by atoms with Crippen LogP contribution in [0.1, 0.15) is 24.2 Å². The van der Waals surface area contributed by atoms with E-state index in [0.717, 1.165) is 5.56 Å². The molecule has 1 heterocycles. The van der Waals surface area contributed by atoms with Gasteiger partial charge in [-0.1, -0.05) is 5.21 Å². The standard InChI is InChI=1S/C11H12BrN5O2/c1-6-3-8(12)11(10(4-6)17(18)19)16-5-9(7(2)13)14-15-16/h3-5,7H,13H2,1-2H3. The van der Waals surface area contributed by atoms with Gasteiger partial charge < -0.3 is 5.73 Å². The zero-order valence-electron chi connectivity index (χ0n) is 10.4. The number of rotatable bonds is 3. The Balaban J connectivity index is 2.63. The van der Waals surface area contributed by atoms with E-state index in [2.05, 4.69) is 26.2 Å². The fraction of sp³-hybridized carbons (Fsp3) is 0.273. The van der Waals surface area contributed by atoms with Crippen LogP contribution in [0, 0.1) is 17.0 Å². The van der Waals surface area contributed by atoms with Crippen LogP contribution >= 0.6 is 15.9 Å². The molecule has 0 amide bonds. The number of nitrogens with zero attached hydrogens (tertiary/aromatic N) is 4. The van der Waals surface area contributed by atoms with Crippen LogP contribution in [0.15, 0.2) is 22.8 Å². The summed E-state index contributed by atoms with van der Waals surface area (Å²) < 4.78 is 1.95. The third kappa shape index (κ3) is 2.64. The van der Waals surface area contributed by atoms with Gasteiger partial charge in [-0.05, 0) is 41.4 Å². The number of aromatic nitrogens is 3. The molecule has 0 fully saturated rings. The first-order valence-electron chi connectivity index (χ1n) is 5.53. The van der Waals surface area contributed by atoms with Gasteiger partial charge in [-0.3, -0.25) is 10.1 Å². The lowest BCUT2D eigenvalue weighted by molar-refractivity contribution is -0.384. The van der Waals surface area contributed by atoms with Gasteiger partial charge in [0.2, 0.25) is 0 Å². The van der Waals surface area contributed by atoms with E-state index in [-0.39, 0.29) is 11.7 Å². The highest BCUT2D eigenvalue weighted by Gasteiger charge is 2.21. The van der Waals surface area contributed by atoms with E-state index in [1.807, 2.05) is 0 Å². The van der Waals surface area contributed by atoms with Gasteiger partial charge in [0.1, 0.15) is 0 Å². The summed E-state index contributed by atoms with van der Waals surface area (Å²) >= 11 is 3.32. The van der Waals surface area contributed by atoms with Crippen molar-refractivity contribution in [3.8, 4) is 5.69 Å². The van der Waals surface area contributed by atoms with Crippen LogP contribution in [0.25, 0.3) is 5.69 Å². The Morgan fingerprint density at radius 3 is 2.74 bits per heavy atom. The van der Waals surface area contributed by atoms with Crippen molar-refractivity contribution >= 4 is 21.6 Å². The van der Waals surface area contributed by atoms with Crippen molar-refractivity contribution in [2.24, 2.45) is 5.73 Å². The van der Waals surface area contributed by atoms with Gasteiger partial charge in [-0.15, -0.1) is 5.10 Å². The summed E-state index contributed by atoms with van der Waals surface area (Å²) in [4.78, 5) is 10.7. The van der Waals surface area contributed by atoms with E-state index in [1.165, 1.54) is 10.7 Å². The van der Waals surface area contributed by atoms with Gasteiger partial charge in [-0.25, -0.2) is 4.68 Å². The van der Waals surface area contributed by atoms with Crippen LogP contribution < -0.4 is 5.73 Å². The van der Waals surface area contributed by atoms with Crippen LogP contribution in [0.2, 0.25) is 0 Å². The van der Waals surface area contributed by atoms with Crippen LogP contribution in [-0.4, -0.2) is 19.9 Å². The maximum atomic E-state index is 11.1. The molecule has 2 aromatic rings.